The molecular weight excluding hydrogens is 368 g/mol. The van der Waals surface area contributed by atoms with Crippen molar-refractivity contribution in [3.05, 3.63) is 69.8 Å². The van der Waals surface area contributed by atoms with E-state index in [1.165, 1.54) is 24.3 Å². The van der Waals surface area contributed by atoms with Crippen molar-refractivity contribution >= 4 is 29.2 Å². The number of hydrogen-bond acceptors (Lipinski definition) is 7. The van der Waals surface area contributed by atoms with Gasteiger partial charge in [-0.05, 0) is 24.3 Å². The lowest BCUT2D eigenvalue weighted by atomic mass is 10.2. The first-order chi connectivity index (χ1) is 13.4. The highest BCUT2D eigenvalue weighted by Gasteiger charge is 2.14. The van der Waals surface area contributed by atoms with Gasteiger partial charge >= 0.3 is 5.97 Å². The molecule has 0 radical (unpaired) electrons. The van der Waals surface area contributed by atoms with Gasteiger partial charge in [0.25, 0.3) is 17.5 Å². The van der Waals surface area contributed by atoms with Gasteiger partial charge in [-0.25, -0.2) is 0 Å². The van der Waals surface area contributed by atoms with Crippen LogP contribution in [0.15, 0.2) is 48.5 Å². The molecule has 0 atom stereocenters. The Bertz CT molecular complexity index is 967. The lowest BCUT2D eigenvalue weighted by molar-refractivity contribution is -0.384. The van der Waals surface area contributed by atoms with Gasteiger partial charge in [-0.3, -0.25) is 24.5 Å². The zero-order chi connectivity index (χ0) is 20.5. The van der Waals surface area contributed by atoms with E-state index in [1.54, 1.807) is 18.2 Å². The van der Waals surface area contributed by atoms with Crippen LogP contribution < -0.4 is 10.6 Å². The van der Waals surface area contributed by atoms with E-state index < -0.39 is 35.9 Å². The molecule has 10 nitrogen and oxygen atoms in total. The monoisotopic (exact) mass is 382 g/mol. The summed E-state index contributed by atoms with van der Waals surface area (Å²) >= 11 is 0. The Morgan fingerprint density at radius 2 is 1.89 bits per heavy atom. The van der Waals surface area contributed by atoms with Gasteiger partial charge in [0.1, 0.15) is 6.54 Å². The number of ether oxygens (including phenoxy) is 1. The van der Waals surface area contributed by atoms with Crippen LogP contribution in [-0.2, 0) is 14.3 Å². The number of rotatable bonds is 7. The van der Waals surface area contributed by atoms with Crippen molar-refractivity contribution in [1.82, 2.24) is 5.32 Å². The Labute approximate surface area is 158 Å². The molecule has 142 valence electrons. The predicted molar refractivity (Wildman–Crippen MR) is 96.2 cm³/mol. The van der Waals surface area contributed by atoms with Crippen LogP contribution in [0.3, 0.4) is 0 Å². The van der Waals surface area contributed by atoms with E-state index in [4.69, 9.17) is 10.00 Å². The fourth-order valence-electron chi connectivity index (χ4n) is 2.08. The quantitative estimate of drug-likeness (QED) is 0.417. The van der Waals surface area contributed by atoms with E-state index in [1.807, 2.05) is 6.07 Å². The van der Waals surface area contributed by atoms with Crippen molar-refractivity contribution in [2.24, 2.45) is 0 Å². The van der Waals surface area contributed by atoms with Gasteiger partial charge in [0, 0.05) is 23.4 Å². The fraction of sp³-hybridized carbons (Fsp3) is 0.111. The van der Waals surface area contributed by atoms with Gasteiger partial charge in [-0.1, -0.05) is 12.1 Å². The molecule has 0 fully saturated rings. The van der Waals surface area contributed by atoms with Crippen molar-refractivity contribution in [2.45, 2.75) is 0 Å². The lowest BCUT2D eigenvalue weighted by Crippen LogP contribution is -2.32. The highest BCUT2D eigenvalue weighted by molar-refractivity contribution is 5.97. The molecule has 2 N–H and O–H groups in total. The Morgan fingerprint density at radius 1 is 1.14 bits per heavy atom. The summed E-state index contributed by atoms with van der Waals surface area (Å²) in [4.78, 5) is 45.4. The number of nitro benzene ring substituents is 1. The van der Waals surface area contributed by atoms with Crippen molar-refractivity contribution < 1.29 is 24.0 Å². The number of carbonyl (C=O) groups excluding carboxylic acids is 3. The molecule has 2 aromatic rings. The van der Waals surface area contributed by atoms with E-state index in [-0.39, 0.29) is 11.3 Å². The number of nitrogens with zero attached hydrogens (tertiary/aromatic N) is 2. The summed E-state index contributed by atoms with van der Waals surface area (Å²) in [6.45, 7) is -1.10. The minimum absolute atomic E-state index is 0.0112. The van der Waals surface area contributed by atoms with Gasteiger partial charge in [0.15, 0.2) is 6.61 Å². The van der Waals surface area contributed by atoms with Crippen molar-refractivity contribution in [2.75, 3.05) is 18.5 Å². The zero-order valence-electron chi connectivity index (χ0n) is 14.4. The van der Waals surface area contributed by atoms with Crippen LogP contribution in [0.25, 0.3) is 0 Å². The summed E-state index contributed by atoms with van der Waals surface area (Å²) < 4.78 is 4.74. The summed E-state index contributed by atoms with van der Waals surface area (Å²) in [7, 11) is 0. The number of nitrogens with one attached hydrogen (secondary N) is 2. The molecule has 2 amide bonds. The second-order valence-corrected chi connectivity index (χ2v) is 5.39. The Kier molecular flexibility index (Phi) is 6.76. The first-order valence-electron chi connectivity index (χ1n) is 7.87. The number of carbonyl (C=O) groups is 3. The molecule has 0 aliphatic rings. The fourth-order valence-corrected chi connectivity index (χ4v) is 2.08. The van der Waals surface area contributed by atoms with E-state index in [2.05, 4.69) is 10.6 Å². The first-order valence-corrected chi connectivity index (χ1v) is 7.87. The maximum atomic E-state index is 11.9. The largest absolute Gasteiger partial charge is 0.454 e. The molecule has 28 heavy (non-hydrogen) atoms. The van der Waals surface area contributed by atoms with Crippen LogP contribution in [-0.4, -0.2) is 35.9 Å². The van der Waals surface area contributed by atoms with E-state index in [0.717, 1.165) is 6.07 Å². The topological polar surface area (TPSA) is 151 Å². The van der Waals surface area contributed by atoms with Gasteiger partial charge < -0.3 is 15.4 Å². The van der Waals surface area contributed by atoms with E-state index >= 15 is 0 Å². The number of benzene rings is 2. The van der Waals surface area contributed by atoms with E-state index in [0.29, 0.717) is 11.3 Å². The van der Waals surface area contributed by atoms with E-state index in [9.17, 15) is 24.5 Å². The van der Waals surface area contributed by atoms with Gasteiger partial charge in [0.2, 0.25) is 0 Å². The molecule has 0 aliphatic carbocycles. The molecule has 0 unspecified atom stereocenters. The Morgan fingerprint density at radius 3 is 2.61 bits per heavy atom. The second-order valence-electron chi connectivity index (χ2n) is 5.39. The third-order valence-electron chi connectivity index (χ3n) is 3.35. The average Bonchev–Trinajstić information content (AvgIpc) is 2.70. The first kappa shape index (κ1) is 20.1. The third kappa shape index (κ3) is 5.92. The highest BCUT2D eigenvalue weighted by atomic mass is 16.6. The minimum atomic E-state index is -0.861. The van der Waals surface area contributed by atoms with Gasteiger partial charge in [-0.2, -0.15) is 5.26 Å². The molecule has 0 saturated heterocycles. The van der Waals surface area contributed by atoms with Crippen LogP contribution >= 0.6 is 0 Å². The van der Waals surface area contributed by atoms with Crippen molar-refractivity contribution in [3.8, 4) is 6.07 Å². The number of esters is 1. The molecule has 10 heteroatoms. The number of anilines is 1. The lowest BCUT2D eigenvalue weighted by Gasteiger charge is -2.08. The zero-order valence-corrected chi connectivity index (χ0v) is 14.4. The molecule has 0 aromatic heterocycles. The SMILES string of the molecule is N#Cc1cccc(NC(=O)COC(=O)CNC(=O)c2cccc([N+](=O)[O-])c2)c1. The van der Waals surface area contributed by atoms with Crippen LogP contribution in [0.4, 0.5) is 11.4 Å². The summed E-state index contributed by atoms with van der Waals surface area (Å²) in [6.07, 6.45) is 0. The van der Waals surface area contributed by atoms with Crippen molar-refractivity contribution in [1.29, 1.82) is 5.26 Å². The molecule has 0 saturated carbocycles. The number of hydrogen-bond donors (Lipinski definition) is 2. The van der Waals surface area contributed by atoms with Crippen LogP contribution in [0.1, 0.15) is 15.9 Å². The average molecular weight is 382 g/mol. The maximum absolute atomic E-state index is 11.9. The third-order valence-corrected chi connectivity index (χ3v) is 3.35. The summed E-state index contributed by atoms with van der Waals surface area (Å²) in [5.74, 6) is -2.17. The number of non-ortho nitro benzene ring substituents is 1. The predicted octanol–water partition coefficient (Wildman–Crippen LogP) is 1.38. The second kappa shape index (κ2) is 9.44. The summed E-state index contributed by atoms with van der Waals surface area (Å²) in [5.41, 5.74) is 0.488. The Balaban J connectivity index is 1.78. The number of nitriles is 1. The molecule has 0 bridgehead atoms. The van der Waals surface area contributed by atoms with Crippen LogP contribution in [0, 0.1) is 21.4 Å². The molecule has 0 aliphatic heterocycles. The smallest absolute Gasteiger partial charge is 0.325 e. The standard InChI is InChI=1S/C18H14N4O6/c19-9-12-3-1-5-14(7-12)21-16(23)11-28-17(24)10-20-18(25)13-4-2-6-15(8-13)22(26)27/h1-8H,10-11H2,(H,20,25)(H,21,23). The molecular formula is C18H14N4O6. The van der Waals surface area contributed by atoms with Gasteiger partial charge in [0.05, 0.1) is 16.6 Å². The van der Waals surface area contributed by atoms with Crippen LogP contribution in [0.2, 0.25) is 0 Å². The van der Waals surface area contributed by atoms with Crippen LogP contribution in [0.5, 0.6) is 0 Å². The van der Waals surface area contributed by atoms with Crippen molar-refractivity contribution in [3.63, 3.8) is 0 Å². The summed E-state index contributed by atoms with van der Waals surface area (Å²) in [5, 5.41) is 24.2. The molecule has 0 spiro atoms. The highest BCUT2D eigenvalue weighted by Crippen LogP contribution is 2.13. The molecule has 2 aromatic carbocycles. The molecule has 2 rings (SSSR count). The normalized spacial score (nSPS) is 9.68. The van der Waals surface area contributed by atoms with Gasteiger partial charge in [-0.15, -0.1) is 0 Å². The maximum Gasteiger partial charge on any atom is 0.325 e. The number of amides is 2. The minimum Gasteiger partial charge on any atom is -0.454 e. The molecule has 0 heterocycles. The number of nitro groups is 1. The Hall–Kier alpha value is -4.26. The summed E-state index contributed by atoms with van der Waals surface area (Å²) in [6, 6.07) is 13.1.